The molecule has 0 aliphatic heterocycles. The van der Waals surface area contributed by atoms with Crippen LogP contribution in [0.25, 0.3) is 33.5 Å². The maximum absolute atomic E-state index is 9.55. The van der Waals surface area contributed by atoms with E-state index in [1.54, 1.807) is 6.92 Å². The molecule has 1 aromatic carbocycles. The summed E-state index contributed by atoms with van der Waals surface area (Å²) in [5.41, 5.74) is 7.66. The second-order valence-electron chi connectivity index (χ2n) is 6.49. The minimum Gasteiger partial charge on any atom is -0.478 e. The first-order valence-corrected chi connectivity index (χ1v) is 8.83. The fourth-order valence-electron chi connectivity index (χ4n) is 2.75. The van der Waals surface area contributed by atoms with Crippen LogP contribution < -0.4 is 5.73 Å². The van der Waals surface area contributed by atoms with E-state index >= 15 is 0 Å². The zero-order valence-electron chi connectivity index (χ0n) is 16.1. The van der Waals surface area contributed by atoms with E-state index in [0.717, 1.165) is 21.9 Å². The van der Waals surface area contributed by atoms with Gasteiger partial charge in [-0.1, -0.05) is 5.16 Å². The molecule has 0 amide bonds. The van der Waals surface area contributed by atoms with Gasteiger partial charge in [-0.05, 0) is 32.0 Å². The number of carboxylic acids is 2. The van der Waals surface area contributed by atoms with Crippen LogP contribution in [0.1, 0.15) is 12.7 Å². The lowest BCUT2D eigenvalue weighted by Gasteiger charge is -2.06. The molecule has 3 aromatic heterocycles. The highest BCUT2D eigenvalue weighted by Crippen LogP contribution is 2.32. The molecular weight excluding hydrogens is 394 g/mol. The molecule has 11 nitrogen and oxygen atoms in total. The summed E-state index contributed by atoms with van der Waals surface area (Å²) in [6, 6.07) is 5.82. The zero-order valence-corrected chi connectivity index (χ0v) is 16.1. The highest BCUT2D eigenvalue weighted by molar-refractivity contribution is 6.04. The van der Waals surface area contributed by atoms with Crippen LogP contribution in [0.5, 0.6) is 0 Å². The van der Waals surface area contributed by atoms with E-state index in [4.69, 9.17) is 24.9 Å². The Morgan fingerprint density at radius 3 is 2.53 bits per heavy atom. The quantitative estimate of drug-likeness (QED) is 0.412. The third-order valence-electron chi connectivity index (χ3n) is 3.87. The number of aromatic nitrogens is 4. The van der Waals surface area contributed by atoms with Crippen molar-refractivity contribution >= 4 is 33.8 Å². The zero-order chi connectivity index (χ0) is 21.8. The van der Waals surface area contributed by atoms with Crippen LogP contribution in [-0.2, 0) is 16.1 Å². The number of hydrogen-bond donors (Lipinski definition) is 3. The SMILES string of the molecule is Cc1noc(-c2cc3c(ccc4cnn(C[C@H](C)N)c43)o2)n1.O=C(O)/C=C/C(=O)O. The smallest absolute Gasteiger partial charge is 0.328 e. The normalized spacial score (nSPS) is 12.2. The highest BCUT2D eigenvalue weighted by Gasteiger charge is 2.16. The molecule has 0 saturated heterocycles. The number of rotatable bonds is 5. The fourth-order valence-corrected chi connectivity index (χ4v) is 2.75. The number of benzene rings is 1. The lowest BCUT2D eigenvalue weighted by Crippen LogP contribution is -2.22. The summed E-state index contributed by atoms with van der Waals surface area (Å²) < 4.78 is 12.9. The summed E-state index contributed by atoms with van der Waals surface area (Å²) in [5, 5.41) is 25.8. The first kappa shape index (κ1) is 20.7. The molecule has 0 aliphatic rings. The van der Waals surface area contributed by atoms with Gasteiger partial charge in [-0.15, -0.1) is 0 Å². The predicted molar refractivity (Wildman–Crippen MR) is 106 cm³/mol. The number of aryl methyl sites for hydroxylation is 1. The van der Waals surface area contributed by atoms with Crippen LogP contribution in [-0.4, -0.2) is 48.1 Å². The lowest BCUT2D eigenvalue weighted by atomic mass is 10.2. The molecule has 4 aromatic rings. The Bertz CT molecular complexity index is 1220. The van der Waals surface area contributed by atoms with E-state index in [0.29, 0.717) is 36.2 Å². The highest BCUT2D eigenvalue weighted by atomic mass is 16.5. The molecule has 30 heavy (non-hydrogen) atoms. The van der Waals surface area contributed by atoms with Crippen molar-refractivity contribution in [1.29, 1.82) is 0 Å². The Morgan fingerprint density at radius 1 is 1.27 bits per heavy atom. The van der Waals surface area contributed by atoms with Gasteiger partial charge in [0.05, 0.1) is 18.3 Å². The van der Waals surface area contributed by atoms with E-state index in [2.05, 4.69) is 15.2 Å². The molecule has 156 valence electrons. The maximum Gasteiger partial charge on any atom is 0.328 e. The molecule has 3 heterocycles. The molecule has 11 heteroatoms. The monoisotopic (exact) mass is 413 g/mol. The molecule has 0 spiro atoms. The van der Waals surface area contributed by atoms with Gasteiger partial charge in [-0.2, -0.15) is 10.1 Å². The van der Waals surface area contributed by atoms with Gasteiger partial charge in [0.25, 0.3) is 5.89 Å². The molecule has 4 N–H and O–H groups in total. The van der Waals surface area contributed by atoms with Gasteiger partial charge in [-0.3, -0.25) is 4.68 Å². The van der Waals surface area contributed by atoms with Crippen LogP contribution in [0.2, 0.25) is 0 Å². The van der Waals surface area contributed by atoms with Crippen LogP contribution in [0.3, 0.4) is 0 Å². The number of carbonyl (C=O) groups is 2. The average Bonchev–Trinajstić information content (AvgIpc) is 3.37. The van der Waals surface area contributed by atoms with Gasteiger partial charge in [0.1, 0.15) is 5.58 Å². The first-order valence-electron chi connectivity index (χ1n) is 8.83. The maximum atomic E-state index is 9.55. The summed E-state index contributed by atoms with van der Waals surface area (Å²) in [7, 11) is 0. The van der Waals surface area contributed by atoms with E-state index < -0.39 is 11.9 Å². The van der Waals surface area contributed by atoms with E-state index in [1.165, 1.54) is 0 Å². The Hall–Kier alpha value is -3.99. The van der Waals surface area contributed by atoms with Crippen molar-refractivity contribution in [2.45, 2.75) is 26.4 Å². The third-order valence-corrected chi connectivity index (χ3v) is 3.87. The summed E-state index contributed by atoms with van der Waals surface area (Å²) in [5.74, 6) is -1.01. The molecular formula is C19H19N5O6. The van der Waals surface area contributed by atoms with Gasteiger partial charge in [0.15, 0.2) is 11.6 Å². The van der Waals surface area contributed by atoms with Crippen LogP contribution >= 0.6 is 0 Å². The second kappa shape index (κ2) is 8.57. The third kappa shape index (κ3) is 4.70. The number of aliphatic carboxylic acids is 2. The van der Waals surface area contributed by atoms with Crippen molar-refractivity contribution in [2.75, 3.05) is 0 Å². The first-order chi connectivity index (χ1) is 14.2. The summed E-state index contributed by atoms with van der Waals surface area (Å²) in [4.78, 5) is 23.3. The molecule has 1 atom stereocenters. The standard InChI is InChI=1S/C15H15N5O2.C4H4O4/c1-8(16)7-20-14-10(6-17-20)3-4-12-11(14)5-13(21-12)15-18-9(2)19-22-15;5-3(6)1-2-4(7)8/h3-6,8H,7,16H2,1-2H3;1-2H,(H,5,6)(H,7,8)/b;2-1+/t8-;/m0./s1. The molecule has 4 rings (SSSR count). The van der Waals surface area contributed by atoms with E-state index in [-0.39, 0.29) is 6.04 Å². The van der Waals surface area contributed by atoms with Crippen molar-refractivity contribution < 1.29 is 28.7 Å². The minimum absolute atomic E-state index is 0.0170. The number of nitrogens with zero attached hydrogens (tertiary/aromatic N) is 4. The Morgan fingerprint density at radius 2 is 1.97 bits per heavy atom. The lowest BCUT2D eigenvalue weighted by molar-refractivity contribution is -0.134. The van der Waals surface area contributed by atoms with Gasteiger partial charge in [0, 0.05) is 29.0 Å². The molecule has 0 aliphatic carbocycles. The number of fused-ring (bicyclic) bond motifs is 3. The van der Waals surface area contributed by atoms with Crippen molar-refractivity contribution in [2.24, 2.45) is 5.73 Å². The van der Waals surface area contributed by atoms with E-state index in [1.807, 2.05) is 36.0 Å². The molecule has 0 bridgehead atoms. The Kier molecular flexibility index (Phi) is 5.93. The van der Waals surface area contributed by atoms with Crippen molar-refractivity contribution in [3.63, 3.8) is 0 Å². The Balaban J connectivity index is 0.000000275. The second-order valence-corrected chi connectivity index (χ2v) is 6.49. The van der Waals surface area contributed by atoms with Gasteiger partial charge in [0.2, 0.25) is 0 Å². The van der Waals surface area contributed by atoms with Gasteiger partial charge in [-0.25, -0.2) is 9.59 Å². The van der Waals surface area contributed by atoms with Crippen molar-refractivity contribution in [3.8, 4) is 11.7 Å². The van der Waals surface area contributed by atoms with Crippen LogP contribution in [0.4, 0.5) is 0 Å². The van der Waals surface area contributed by atoms with Gasteiger partial charge >= 0.3 is 11.9 Å². The van der Waals surface area contributed by atoms with Crippen molar-refractivity contribution in [1.82, 2.24) is 19.9 Å². The largest absolute Gasteiger partial charge is 0.478 e. The number of nitrogens with two attached hydrogens (primary N) is 1. The summed E-state index contributed by atoms with van der Waals surface area (Å²) in [6.45, 7) is 4.37. The van der Waals surface area contributed by atoms with Crippen molar-refractivity contribution in [3.05, 3.63) is 42.4 Å². The predicted octanol–water partition coefficient (Wildman–Crippen LogP) is 2.20. The number of carboxylic acid groups (broad SMARTS) is 2. The molecule has 0 saturated carbocycles. The molecule has 0 unspecified atom stereocenters. The minimum atomic E-state index is -1.26. The summed E-state index contributed by atoms with van der Waals surface area (Å²) >= 11 is 0. The summed E-state index contributed by atoms with van der Waals surface area (Å²) in [6.07, 6.45) is 2.95. The van der Waals surface area contributed by atoms with E-state index in [9.17, 15) is 9.59 Å². The molecule has 0 radical (unpaired) electrons. The molecule has 0 fully saturated rings. The average molecular weight is 413 g/mol. The Labute approximate surface area is 169 Å². The van der Waals surface area contributed by atoms with Gasteiger partial charge < -0.3 is 24.9 Å². The van der Waals surface area contributed by atoms with Crippen LogP contribution in [0.15, 0.2) is 45.5 Å². The fraction of sp³-hybridized carbons (Fsp3) is 0.211. The number of hydrogen-bond acceptors (Lipinski definition) is 8. The van der Waals surface area contributed by atoms with Crippen LogP contribution in [0, 0.1) is 6.92 Å². The topological polar surface area (TPSA) is 170 Å². The number of furan rings is 1.